The minimum absolute atomic E-state index is 0.260. The summed E-state index contributed by atoms with van der Waals surface area (Å²) < 4.78 is 0. The van der Waals surface area contributed by atoms with E-state index in [2.05, 4.69) is 54.6 Å². The zero-order valence-corrected chi connectivity index (χ0v) is 15.5. The van der Waals surface area contributed by atoms with Crippen LogP contribution < -0.4 is 0 Å². The van der Waals surface area contributed by atoms with Crippen LogP contribution in [0.25, 0.3) is 48.8 Å². The van der Waals surface area contributed by atoms with E-state index in [-0.39, 0.29) is 5.57 Å². The van der Waals surface area contributed by atoms with Crippen molar-refractivity contribution in [3.05, 3.63) is 77.2 Å². The van der Waals surface area contributed by atoms with Crippen LogP contribution in [0.3, 0.4) is 0 Å². The van der Waals surface area contributed by atoms with Crippen LogP contribution in [-0.4, -0.2) is 11.1 Å². The molecule has 0 fully saturated rings. The van der Waals surface area contributed by atoms with Gasteiger partial charge in [0.2, 0.25) is 0 Å². The average molecular weight is 379 g/mol. The number of thiophene rings is 1. The van der Waals surface area contributed by atoms with Crippen LogP contribution in [0.15, 0.2) is 72.3 Å². The van der Waals surface area contributed by atoms with Gasteiger partial charge >= 0.3 is 5.97 Å². The van der Waals surface area contributed by atoms with E-state index in [1.54, 1.807) is 6.07 Å². The van der Waals surface area contributed by atoms with Gasteiger partial charge in [0.25, 0.3) is 0 Å². The molecule has 5 rings (SSSR count). The number of carbonyl (C=O) groups is 1. The number of carboxylic acid groups (broad SMARTS) is 1. The Balaban J connectivity index is 1.68. The molecule has 0 aliphatic heterocycles. The fraction of sp³-hybridized carbons (Fsp3) is 0. The molecule has 1 heterocycles. The summed E-state index contributed by atoms with van der Waals surface area (Å²) in [5.74, 6) is -1.21. The predicted molar refractivity (Wildman–Crippen MR) is 115 cm³/mol. The summed E-state index contributed by atoms with van der Waals surface area (Å²) in [6, 6.07) is 24.9. The number of nitrogens with zero attached hydrogens (tertiary/aromatic N) is 1. The van der Waals surface area contributed by atoms with E-state index in [4.69, 9.17) is 10.4 Å². The van der Waals surface area contributed by atoms with Gasteiger partial charge in [-0.1, -0.05) is 42.5 Å². The highest BCUT2D eigenvalue weighted by atomic mass is 32.1. The molecule has 0 aliphatic rings. The SMILES string of the molecule is N#C/C(=C\c1ccc(-c2cc3ccc4cccc5ccc(c2)c3c45)s1)C(=O)O. The van der Waals surface area contributed by atoms with E-state index in [1.807, 2.05) is 12.1 Å². The first-order valence-electron chi connectivity index (χ1n) is 8.77. The van der Waals surface area contributed by atoms with E-state index >= 15 is 0 Å². The Morgan fingerprint density at radius 1 is 0.893 bits per heavy atom. The van der Waals surface area contributed by atoms with Crippen LogP contribution in [0.5, 0.6) is 0 Å². The second-order valence-electron chi connectivity index (χ2n) is 6.68. The quantitative estimate of drug-likeness (QED) is 0.227. The highest BCUT2D eigenvalue weighted by Crippen LogP contribution is 2.38. The van der Waals surface area contributed by atoms with E-state index in [0.717, 1.165) is 15.3 Å². The molecule has 0 bridgehead atoms. The maximum atomic E-state index is 11.1. The van der Waals surface area contributed by atoms with Crippen molar-refractivity contribution >= 4 is 55.7 Å². The van der Waals surface area contributed by atoms with Crippen molar-refractivity contribution in [3.8, 4) is 16.5 Å². The smallest absolute Gasteiger partial charge is 0.346 e. The molecule has 132 valence electrons. The monoisotopic (exact) mass is 379 g/mol. The Morgan fingerprint density at radius 3 is 2.11 bits per heavy atom. The Hall–Kier alpha value is -3.68. The molecule has 3 nitrogen and oxygen atoms in total. The van der Waals surface area contributed by atoms with Crippen LogP contribution in [0.1, 0.15) is 4.88 Å². The summed E-state index contributed by atoms with van der Waals surface area (Å²) in [5, 5.41) is 25.4. The van der Waals surface area contributed by atoms with E-state index in [1.165, 1.54) is 49.7 Å². The topological polar surface area (TPSA) is 61.1 Å². The summed E-state index contributed by atoms with van der Waals surface area (Å²) >= 11 is 1.48. The molecule has 0 unspecified atom stereocenters. The molecule has 4 heteroatoms. The fourth-order valence-electron chi connectivity index (χ4n) is 3.77. The lowest BCUT2D eigenvalue weighted by molar-refractivity contribution is -0.132. The lowest BCUT2D eigenvalue weighted by Gasteiger charge is -2.12. The van der Waals surface area contributed by atoms with E-state index in [0.29, 0.717) is 0 Å². The van der Waals surface area contributed by atoms with Crippen LogP contribution in [-0.2, 0) is 4.79 Å². The Kier molecular flexibility index (Phi) is 3.65. The lowest BCUT2D eigenvalue weighted by Crippen LogP contribution is -1.96. The summed E-state index contributed by atoms with van der Waals surface area (Å²) in [7, 11) is 0. The third kappa shape index (κ3) is 2.53. The van der Waals surface area contributed by atoms with Crippen molar-refractivity contribution in [2.75, 3.05) is 0 Å². The molecule has 0 amide bonds. The van der Waals surface area contributed by atoms with Crippen molar-refractivity contribution < 1.29 is 9.90 Å². The molecule has 0 spiro atoms. The number of benzene rings is 4. The van der Waals surface area contributed by atoms with Gasteiger partial charge in [0, 0.05) is 9.75 Å². The Morgan fingerprint density at radius 2 is 1.50 bits per heavy atom. The summed E-state index contributed by atoms with van der Waals surface area (Å²) in [4.78, 5) is 12.9. The molecular weight excluding hydrogens is 366 g/mol. The van der Waals surface area contributed by atoms with Gasteiger partial charge in [-0.2, -0.15) is 5.26 Å². The van der Waals surface area contributed by atoms with Crippen molar-refractivity contribution in [3.63, 3.8) is 0 Å². The van der Waals surface area contributed by atoms with Crippen molar-refractivity contribution in [1.82, 2.24) is 0 Å². The molecule has 1 N–H and O–H groups in total. The molecule has 0 radical (unpaired) electrons. The van der Waals surface area contributed by atoms with Gasteiger partial charge < -0.3 is 5.11 Å². The highest BCUT2D eigenvalue weighted by Gasteiger charge is 2.12. The van der Waals surface area contributed by atoms with Gasteiger partial charge in [-0.3, -0.25) is 0 Å². The fourth-order valence-corrected chi connectivity index (χ4v) is 4.70. The molecule has 0 atom stereocenters. The normalized spacial score (nSPS) is 12.0. The van der Waals surface area contributed by atoms with Crippen LogP contribution >= 0.6 is 11.3 Å². The molecule has 1 aromatic heterocycles. The van der Waals surface area contributed by atoms with Gasteiger partial charge in [0.15, 0.2) is 0 Å². The van der Waals surface area contributed by atoms with E-state index in [9.17, 15) is 4.79 Å². The molecule has 0 saturated heterocycles. The first-order chi connectivity index (χ1) is 13.6. The van der Waals surface area contributed by atoms with Gasteiger partial charge in [0.05, 0.1) is 0 Å². The number of hydrogen-bond donors (Lipinski definition) is 1. The van der Waals surface area contributed by atoms with E-state index < -0.39 is 5.97 Å². The maximum Gasteiger partial charge on any atom is 0.346 e. The number of rotatable bonds is 3. The Bertz CT molecular complexity index is 1390. The number of hydrogen-bond acceptors (Lipinski definition) is 3. The number of aliphatic carboxylic acids is 1. The van der Waals surface area contributed by atoms with Gasteiger partial charge in [-0.25, -0.2) is 4.79 Å². The van der Waals surface area contributed by atoms with Gasteiger partial charge in [-0.15, -0.1) is 11.3 Å². The minimum Gasteiger partial charge on any atom is -0.477 e. The highest BCUT2D eigenvalue weighted by molar-refractivity contribution is 7.16. The predicted octanol–water partition coefficient (Wildman–Crippen LogP) is 6.30. The second kappa shape index (κ2) is 6.19. The summed E-state index contributed by atoms with van der Waals surface area (Å²) in [5.41, 5.74) is 0.827. The van der Waals surface area contributed by atoms with Crippen LogP contribution in [0, 0.1) is 11.3 Å². The van der Waals surface area contributed by atoms with Crippen LogP contribution in [0.2, 0.25) is 0 Å². The van der Waals surface area contributed by atoms with Crippen LogP contribution in [0.4, 0.5) is 0 Å². The van der Waals surface area contributed by atoms with Crippen molar-refractivity contribution in [1.29, 1.82) is 5.26 Å². The molecule has 0 aliphatic carbocycles. The third-order valence-electron chi connectivity index (χ3n) is 5.01. The molecule has 5 aromatic rings. The third-order valence-corrected chi connectivity index (χ3v) is 6.09. The van der Waals surface area contributed by atoms with Gasteiger partial charge in [0.1, 0.15) is 11.6 Å². The first-order valence-corrected chi connectivity index (χ1v) is 9.58. The zero-order chi connectivity index (χ0) is 19.3. The Labute approximate surface area is 164 Å². The number of nitriles is 1. The van der Waals surface area contributed by atoms with Gasteiger partial charge in [-0.05, 0) is 68.2 Å². The molecule has 0 saturated carbocycles. The lowest BCUT2D eigenvalue weighted by atomic mass is 9.93. The average Bonchev–Trinajstić information content (AvgIpc) is 3.18. The minimum atomic E-state index is -1.21. The van der Waals surface area contributed by atoms with Crippen molar-refractivity contribution in [2.45, 2.75) is 0 Å². The number of carboxylic acids is 1. The zero-order valence-electron chi connectivity index (χ0n) is 14.6. The molecule has 4 aromatic carbocycles. The largest absolute Gasteiger partial charge is 0.477 e. The van der Waals surface area contributed by atoms with Crippen molar-refractivity contribution in [2.24, 2.45) is 0 Å². The molecular formula is C24H13NO2S. The standard InChI is InChI=1S/C24H13NO2S/c25-13-19(24(26)27)12-20-8-9-21(28-20)18-10-16-6-4-14-2-1-3-15-5-7-17(11-18)23(16)22(14)15/h1-12H,(H,26,27)/b19-12+. The maximum absolute atomic E-state index is 11.1. The summed E-state index contributed by atoms with van der Waals surface area (Å²) in [6.45, 7) is 0. The first kappa shape index (κ1) is 16.5. The summed E-state index contributed by atoms with van der Waals surface area (Å²) in [6.07, 6.45) is 1.42. The molecule has 28 heavy (non-hydrogen) atoms. The second-order valence-corrected chi connectivity index (χ2v) is 7.80.